The molecular weight excluding hydrogens is 713 g/mol. The van der Waals surface area contributed by atoms with E-state index in [1.165, 1.54) is 0 Å². The van der Waals surface area contributed by atoms with E-state index in [2.05, 4.69) is 97.5 Å². The van der Waals surface area contributed by atoms with Crippen LogP contribution in [0.2, 0.25) is 0 Å². The van der Waals surface area contributed by atoms with Crippen LogP contribution in [0.4, 0.5) is 0 Å². The van der Waals surface area contributed by atoms with Gasteiger partial charge in [0.1, 0.15) is 0 Å². The zero-order valence-electron chi connectivity index (χ0n) is 24.0. The number of benzene rings is 4. The van der Waals surface area contributed by atoms with Crippen LogP contribution in [0.3, 0.4) is 0 Å². The summed E-state index contributed by atoms with van der Waals surface area (Å²) in [7, 11) is 3.51. The van der Waals surface area contributed by atoms with Crippen molar-refractivity contribution >= 4 is 50.2 Å². The summed E-state index contributed by atoms with van der Waals surface area (Å²) in [6.07, 6.45) is 0. The molecule has 0 atom stereocenters. The molecule has 0 aliphatic rings. The second-order valence-corrected chi connectivity index (χ2v) is 24.4. The van der Waals surface area contributed by atoms with Crippen molar-refractivity contribution in [1.29, 1.82) is 0 Å². The minimum atomic E-state index is -2.40. The van der Waals surface area contributed by atoms with E-state index in [1.54, 1.807) is 0 Å². The van der Waals surface area contributed by atoms with E-state index in [0.717, 1.165) is 34.1 Å². The van der Waals surface area contributed by atoms with Crippen molar-refractivity contribution in [2.45, 2.75) is 26.4 Å². The van der Waals surface area contributed by atoms with Gasteiger partial charge < -0.3 is 0 Å². The Morgan fingerprint density at radius 1 is 0.476 bits per heavy atom. The Morgan fingerprint density at radius 2 is 0.714 bits per heavy atom. The number of hydrogen-bond donors (Lipinski definition) is 0. The Balaban J connectivity index is 1.53. The fourth-order valence-corrected chi connectivity index (χ4v) is 19.5. The van der Waals surface area contributed by atoms with E-state index in [-0.39, 0.29) is 0 Å². The van der Waals surface area contributed by atoms with Crippen molar-refractivity contribution in [3.63, 3.8) is 0 Å². The van der Waals surface area contributed by atoms with Crippen LogP contribution >= 0.6 is 20.0 Å². The first-order valence-corrected chi connectivity index (χ1v) is 23.4. The Kier molecular flexibility index (Phi) is 14.1. The summed E-state index contributed by atoms with van der Waals surface area (Å²) in [6.45, 7) is 1.95. The first-order valence-electron chi connectivity index (χ1n) is 13.7. The third kappa shape index (κ3) is 11.8. The van der Waals surface area contributed by atoms with Crippen LogP contribution in [-0.2, 0) is 44.5 Å². The van der Waals surface area contributed by atoms with Crippen LogP contribution in [0, 0.1) is 0 Å². The molecule has 5 nitrogen and oxygen atoms in total. The molecule has 0 radical (unpaired) electrons. The Hall–Kier alpha value is -0.991. The predicted octanol–water partition coefficient (Wildman–Crippen LogP) is 8.59. The molecule has 4 aromatic rings. The zero-order chi connectivity index (χ0) is 29.7. The molecule has 10 heteroatoms. The second-order valence-electron chi connectivity index (χ2n) is 9.89. The molecule has 4 rings (SSSR count). The molecule has 0 N–H and O–H groups in total. The van der Waals surface area contributed by atoms with Crippen molar-refractivity contribution in [3.05, 3.63) is 144 Å². The summed E-state index contributed by atoms with van der Waals surface area (Å²) in [4.78, 5) is 0. The van der Waals surface area contributed by atoms with E-state index >= 15 is 0 Å². The molecule has 0 saturated carbocycles. The fourth-order valence-electron chi connectivity index (χ4n) is 3.92. The van der Waals surface area contributed by atoms with Gasteiger partial charge >= 0.3 is 269 Å². The van der Waals surface area contributed by atoms with Crippen molar-refractivity contribution in [2.75, 3.05) is 25.9 Å². The summed E-state index contributed by atoms with van der Waals surface area (Å²) in [5, 5.41) is 0. The third-order valence-corrected chi connectivity index (χ3v) is 21.9. The number of nitrogens with zero attached hydrogens (tertiary/aromatic N) is 1. The van der Waals surface area contributed by atoms with Crippen LogP contribution in [0.5, 0.6) is 0 Å². The molecule has 0 fully saturated rings. The van der Waals surface area contributed by atoms with Gasteiger partial charge in [0.25, 0.3) is 0 Å². The molecule has 0 spiro atoms. The zero-order valence-corrected chi connectivity index (χ0v) is 30.1. The Bertz CT molecular complexity index is 1230. The molecule has 0 aromatic heterocycles. The van der Waals surface area contributed by atoms with E-state index < -0.39 is 20.0 Å². The van der Waals surface area contributed by atoms with Crippen molar-refractivity contribution in [3.8, 4) is 0 Å². The molecule has 0 unspecified atom stereocenters. The molecule has 0 aliphatic heterocycles. The average molecular weight is 752 g/mol. The van der Waals surface area contributed by atoms with E-state index in [9.17, 15) is 0 Å². The molecule has 42 heavy (non-hydrogen) atoms. The average Bonchev–Trinajstić information content (AvgIpc) is 3.03. The molecule has 4 aromatic carbocycles. The van der Waals surface area contributed by atoms with Gasteiger partial charge in [-0.3, -0.25) is 0 Å². The summed E-state index contributed by atoms with van der Waals surface area (Å²) in [6, 6.07) is 41.1. The first kappa shape index (κ1) is 33.9. The van der Waals surface area contributed by atoms with Gasteiger partial charge in [-0.25, -0.2) is 0 Å². The van der Waals surface area contributed by atoms with Crippen LogP contribution in [0.1, 0.15) is 22.3 Å². The molecule has 0 bridgehead atoms. The summed E-state index contributed by atoms with van der Waals surface area (Å²) >= 11 is 6.79. The van der Waals surface area contributed by atoms with E-state index in [4.69, 9.17) is 18.1 Å². The maximum absolute atomic E-state index is 6.63. The summed E-state index contributed by atoms with van der Waals surface area (Å²) in [5.41, 5.74) is 4.49. The second kappa shape index (κ2) is 17.5. The molecular formula is C32H38NO4P3Se2. The van der Waals surface area contributed by atoms with Gasteiger partial charge in [0.05, 0.1) is 0 Å². The molecule has 0 aliphatic carbocycles. The van der Waals surface area contributed by atoms with E-state index in [0.29, 0.717) is 26.4 Å². The molecule has 0 saturated heterocycles. The molecule has 0 amide bonds. The number of rotatable bonds is 17. The van der Waals surface area contributed by atoms with Gasteiger partial charge in [-0.15, -0.1) is 0 Å². The Morgan fingerprint density at radius 3 is 0.929 bits per heavy atom. The van der Waals surface area contributed by atoms with Crippen LogP contribution in [0.25, 0.3) is 0 Å². The van der Waals surface area contributed by atoms with Gasteiger partial charge in [-0.1, -0.05) is 0 Å². The predicted molar refractivity (Wildman–Crippen MR) is 181 cm³/mol. The Labute approximate surface area is 267 Å². The van der Waals surface area contributed by atoms with Gasteiger partial charge in [0.15, 0.2) is 0 Å². The standard InChI is InChI=1S/C32H38NO4P3Se2/c1-33(2)38(27-39(41,34-23-29-15-7-3-8-16-29)35-24-30-17-9-4-10-18-30)28-40(42,36-25-31-19-11-5-12-20-31)37-26-32-21-13-6-14-22-32/h3-22H,23-28H2,1-2H3. The monoisotopic (exact) mass is 753 g/mol. The van der Waals surface area contributed by atoms with Crippen LogP contribution < -0.4 is 0 Å². The van der Waals surface area contributed by atoms with Gasteiger partial charge in [-0.2, -0.15) is 0 Å². The quantitative estimate of drug-likeness (QED) is 0.0799. The van der Waals surface area contributed by atoms with Gasteiger partial charge in [-0.05, 0) is 0 Å². The first-order chi connectivity index (χ1) is 20.3. The van der Waals surface area contributed by atoms with Crippen molar-refractivity contribution < 1.29 is 18.1 Å². The fraction of sp³-hybridized carbons (Fsp3) is 0.250. The van der Waals surface area contributed by atoms with E-state index in [1.807, 2.05) is 72.8 Å². The van der Waals surface area contributed by atoms with Crippen molar-refractivity contribution in [1.82, 2.24) is 4.67 Å². The molecule has 222 valence electrons. The van der Waals surface area contributed by atoms with Crippen LogP contribution in [0.15, 0.2) is 121 Å². The topological polar surface area (TPSA) is 40.2 Å². The van der Waals surface area contributed by atoms with Crippen molar-refractivity contribution in [2.24, 2.45) is 0 Å². The SMILES string of the molecule is CN(C)P(CP(=[Se])(OCc1ccccc1)OCc1ccccc1)CP(=[Se])(OCc1ccccc1)OCc1ccccc1. The summed E-state index contributed by atoms with van der Waals surface area (Å²) in [5.74, 6) is -3.29. The normalized spacial score (nSPS) is 12.2. The minimum absolute atomic E-state index is 0.487. The maximum atomic E-state index is 6.63. The van der Waals surface area contributed by atoms with Gasteiger partial charge in [0.2, 0.25) is 0 Å². The molecule has 0 heterocycles. The third-order valence-electron chi connectivity index (χ3n) is 6.32. The van der Waals surface area contributed by atoms with Gasteiger partial charge in [0, 0.05) is 0 Å². The van der Waals surface area contributed by atoms with Crippen LogP contribution in [-0.4, -0.2) is 60.8 Å². The summed E-state index contributed by atoms with van der Waals surface area (Å²) < 4.78 is 28.8. The number of hydrogen-bond acceptors (Lipinski definition) is 5.